The molecule has 0 bridgehead atoms. The van der Waals surface area contributed by atoms with E-state index in [0.717, 1.165) is 5.56 Å². The van der Waals surface area contributed by atoms with Crippen molar-refractivity contribution in [3.8, 4) is 5.75 Å². The number of rotatable bonds is 5. The highest BCUT2D eigenvalue weighted by atomic mass is 16.6. The van der Waals surface area contributed by atoms with Crippen LogP contribution in [-0.2, 0) is 6.61 Å². The summed E-state index contributed by atoms with van der Waals surface area (Å²) < 4.78 is 5.65. The minimum absolute atomic E-state index is 0.0296. The monoisotopic (exact) mass is 255 g/mol. The fourth-order valence-corrected chi connectivity index (χ4v) is 1.68. The standard InChI is InChI=1S/C15H13NO3/c1-2-13-10-14(16(17)18)8-9-15(13)19-11-12-6-4-3-5-7-12/h2-10H,1,11H2. The van der Waals surface area contributed by atoms with Crippen molar-refractivity contribution in [3.05, 3.63) is 76.4 Å². The average molecular weight is 255 g/mol. The molecule has 0 aromatic heterocycles. The van der Waals surface area contributed by atoms with E-state index in [1.807, 2.05) is 30.3 Å². The van der Waals surface area contributed by atoms with E-state index >= 15 is 0 Å². The molecule has 4 nitrogen and oxygen atoms in total. The highest BCUT2D eigenvalue weighted by molar-refractivity contribution is 5.59. The van der Waals surface area contributed by atoms with Crippen LogP contribution in [0.5, 0.6) is 5.75 Å². The summed E-state index contributed by atoms with van der Waals surface area (Å²) in [5, 5.41) is 10.7. The molecule has 0 unspecified atom stereocenters. The first-order valence-corrected chi connectivity index (χ1v) is 5.78. The number of non-ortho nitro benzene ring substituents is 1. The van der Waals surface area contributed by atoms with E-state index in [2.05, 4.69) is 6.58 Å². The Labute approximate surface area is 111 Å². The number of nitro groups is 1. The van der Waals surface area contributed by atoms with Gasteiger partial charge in [0.1, 0.15) is 12.4 Å². The van der Waals surface area contributed by atoms with Gasteiger partial charge in [-0.2, -0.15) is 0 Å². The third-order valence-corrected chi connectivity index (χ3v) is 2.66. The lowest BCUT2D eigenvalue weighted by Crippen LogP contribution is -1.97. The van der Waals surface area contributed by atoms with Crippen LogP contribution in [0.25, 0.3) is 6.08 Å². The van der Waals surface area contributed by atoms with Crippen molar-refractivity contribution in [1.29, 1.82) is 0 Å². The molecule has 0 aliphatic carbocycles. The Bertz CT molecular complexity index is 594. The molecule has 0 spiro atoms. The maximum absolute atomic E-state index is 10.7. The maximum Gasteiger partial charge on any atom is 0.270 e. The predicted molar refractivity (Wildman–Crippen MR) is 74.0 cm³/mol. The van der Waals surface area contributed by atoms with Crippen molar-refractivity contribution in [2.24, 2.45) is 0 Å². The number of hydrogen-bond donors (Lipinski definition) is 0. The van der Waals surface area contributed by atoms with E-state index in [9.17, 15) is 10.1 Å². The van der Waals surface area contributed by atoms with Crippen molar-refractivity contribution >= 4 is 11.8 Å². The molecule has 0 aliphatic rings. The van der Waals surface area contributed by atoms with Gasteiger partial charge in [-0.25, -0.2) is 0 Å². The van der Waals surface area contributed by atoms with Crippen molar-refractivity contribution < 1.29 is 9.66 Å². The number of benzene rings is 2. The van der Waals surface area contributed by atoms with Crippen LogP contribution < -0.4 is 4.74 Å². The lowest BCUT2D eigenvalue weighted by Gasteiger charge is -2.09. The topological polar surface area (TPSA) is 52.4 Å². The lowest BCUT2D eigenvalue weighted by molar-refractivity contribution is -0.384. The van der Waals surface area contributed by atoms with Crippen LogP contribution in [0.2, 0.25) is 0 Å². The fourth-order valence-electron chi connectivity index (χ4n) is 1.68. The van der Waals surface area contributed by atoms with Crippen LogP contribution >= 0.6 is 0 Å². The Morgan fingerprint density at radius 3 is 2.58 bits per heavy atom. The SMILES string of the molecule is C=Cc1cc([N+](=O)[O-])ccc1OCc1ccccc1. The van der Waals surface area contributed by atoms with Gasteiger partial charge in [-0.05, 0) is 11.6 Å². The molecule has 0 fully saturated rings. The molecule has 19 heavy (non-hydrogen) atoms. The van der Waals surface area contributed by atoms with Crippen LogP contribution in [0.4, 0.5) is 5.69 Å². The summed E-state index contributed by atoms with van der Waals surface area (Å²) in [4.78, 5) is 10.3. The van der Waals surface area contributed by atoms with Gasteiger partial charge in [0, 0.05) is 17.7 Å². The first-order valence-electron chi connectivity index (χ1n) is 5.78. The molecule has 0 N–H and O–H groups in total. The molecular weight excluding hydrogens is 242 g/mol. The quantitative estimate of drug-likeness (QED) is 0.603. The van der Waals surface area contributed by atoms with E-state index in [1.165, 1.54) is 12.1 Å². The van der Waals surface area contributed by atoms with Crippen LogP contribution in [0.15, 0.2) is 55.1 Å². The first-order chi connectivity index (χ1) is 9.20. The summed E-state index contributed by atoms with van der Waals surface area (Å²) in [7, 11) is 0. The maximum atomic E-state index is 10.7. The highest BCUT2D eigenvalue weighted by Gasteiger charge is 2.09. The Morgan fingerprint density at radius 2 is 1.95 bits per heavy atom. The zero-order valence-electron chi connectivity index (χ0n) is 10.3. The molecular formula is C15H13NO3. The number of nitro benzene ring substituents is 1. The minimum Gasteiger partial charge on any atom is -0.488 e. The van der Waals surface area contributed by atoms with E-state index < -0.39 is 4.92 Å². The van der Waals surface area contributed by atoms with Crippen LogP contribution in [0.3, 0.4) is 0 Å². The second-order valence-corrected chi connectivity index (χ2v) is 3.96. The smallest absolute Gasteiger partial charge is 0.270 e. The van der Waals surface area contributed by atoms with E-state index in [0.29, 0.717) is 17.9 Å². The molecule has 4 heteroatoms. The van der Waals surface area contributed by atoms with Crippen molar-refractivity contribution in [2.75, 3.05) is 0 Å². The van der Waals surface area contributed by atoms with Gasteiger partial charge in [0.05, 0.1) is 4.92 Å². The van der Waals surface area contributed by atoms with Gasteiger partial charge in [0.25, 0.3) is 5.69 Å². The van der Waals surface area contributed by atoms with E-state index in [4.69, 9.17) is 4.74 Å². The van der Waals surface area contributed by atoms with Crippen molar-refractivity contribution in [2.45, 2.75) is 6.61 Å². The third-order valence-electron chi connectivity index (χ3n) is 2.66. The normalized spacial score (nSPS) is 9.89. The van der Waals surface area contributed by atoms with E-state index in [1.54, 1.807) is 12.1 Å². The summed E-state index contributed by atoms with van der Waals surface area (Å²) in [5.74, 6) is 0.587. The number of hydrogen-bond acceptors (Lipinski definition) is 3. The Balaban J connectivity index is 2.16. The summed E-state index contributed by atoms with van der Waals surface area (Å²) in [5.41, 5.74) is 1.68. The minimum atomic E-state index is -0.437. The second kappa shape index (κ2) is 5.82. The Kier molecular flexibility index (Phi) is 3.93. The van der Waals surface area contributed by atoms with Crippen LogP contribution in [0.1, 0.15) is 11.1 Å². The van der Waals surface area contributed by atoms with Gasteiger partial charge in [-0.15, -0.1) is 0 Å². The summed E-state index contributed by atoms with van der Waals surface area (Å²) in [6.07, 6.45) is 1.55. The zero-order valence-corrected chi connectivity index (χ0v) is 10.3. The molecule has 2 aromatic carbocycles. The van der Waals surface area contributed by atoms with Gasteiger partial charge in [-0.1, -0.05) is 43.0 Å². The average Bonchev–Trinajstić information content (AvgIpc) is 2.45. The summed E-state index contributed by atoms with van der Waals surface area (Å²) in [6, 6.07) is 14.2. The second-order valence-electron chi connectivity index (χ2n) is 3.96. The van der Waals surface area contributed by atoms with Gasteiger partial charge >= 0.3 is 0 Å². The molecule has 0 aliphatic heterocycles. The molecule has 0 saturated heterocycles. The Hall–Kier alpha value is -2.62. The molecule has 0 amide bonds. The summed E-state index contributed by atoms with van der Waals surface area (Å²) in [6.45, 7) is 4.06. The molecule has 0 radical (unpaired) electrons. The van der Waals surface area contributed by atoms with Crippen molar-refractivity contribution in [3.63, 3.8) is 0 Å². The predicted octanol–water partition coefficient (Wildman–Crippen LogP) is 3.82. The van der Waals surface area contributed by atoms with E-state index in [-0.39, 0.29) is 5.69 Å². The van der Waals surface area contributed by atoms with Crippen LogP contribution in [-0.4, -0.2) is 4.92 Å². The number of nitrogens with zero attached hydrogens (tertiary/aromatic N) is 1. The van der Waals surface area contributed by atoms with Gasteiger partial charge < -0.3 is 4.74 Å². The molecule has 96 valence electrons. The molecule has 0 saturated carbocycles. The fraction of sp³-hybridized carbons (Fsp3) is 0.0667. The highest BCUT2D eigenvalue weighted by Crippen LogP contribution is 2.25. The van der Waals surface area contributed by atoms with Gasteiger partial charge in [0.15, 0.2) is 0 Å². The van der Waals surface area contributed by atoms with Gasteiger partial charge in [0.2, 0.25) is 0 Å². The third kappa shape index (κ3) is 3.19. The Morgan fingerprint density at radius 1 is 1.21 bits per heavy atom. The molecule has 2 aromatic rings. The van der Waals surface area contributed by atoms with Crippen molar-refractivity contribution in [1.82, 2.24) is 0 Å². The van der Waals surface area contributed by atoms with Crippen LogP contribution in [0, 0.1) is 10.1 Å². The zero-order chi connectivity index (χ0) is 13.7. The molecule has 0 atom stereocenters. The lowest BCUT2D eigenvalue weighted by atomic mass is 10.1. The largest absolute Gasteiger partial charge is 0.488 e. The summed E-state index contributed by atoms with van der Waals surface area (Å²) >= 11 is 0. The first kappa shape index (κ1) is 12.8. The molecule has 0 heterocycles. The molecule has 2 rings (SSSR count). The van der Waals surface area contributed by atoms with Gasteiger partial charge in [-0.3, -0.25) is 10.1 Å². The number of ether oxygens (including phenoxy) is 1.